The maximum atomic E-state index is 2.47. The van der Waals surface area contributed by atoms with Crippen LogP contribution in [0.1, 0.15) is 0 Å². The molecule has 2 heteroatoms. The van der Waals surface area contributed by atoms with Crippen LogP contribution in [0.15, 0.2) is 206 Å². The number of nitrogens with zero attached hydrogens (tertiary/aromatic N) is 2. The smallest absolute Gasteiger partial charge is 0.0640 e. The van der Waals surface area contributed by atoms with Gasteiger partial charge in [0.05, 0.1) is 16.7 Å². The van der Waals surface area contributed by atoms with Crippen LogP contribution in [0.4, 0.5) is 17.1 Å². The van der Waals surface area contributed by atoms with E-state index in [9.17, 15) is 0 Å². The van der Waals surface area contributed by atoms with E-state index in [-0.39, 0.29) is 0 Å². The molecule has 0 unspecified atom stereocenters. The average Bonchev–Trinajstić information content (AvgIpc) is 3.58. The van der Waals surface area contributed by atoms with Crippen LogP contribution < -0.4 is 4.90 Å². The Kier molecular flexibility index (Phi) is 7.18. The fourth-order valence-electron chi connectivity index (χ4n) is 7.96. The summed E-state index contributed by atoms with van der Waals surface area (Å²) in [6.45, 7) is 0. The first kappa shape index (κ1) is 30.0. The largest absolute Gasteiger partial charge is 0.310 e. The minimum absolute atomic E-state index is 1.10. The highest BCUT2D eigenvalue weighted by Gasteiger charge is 2.25. The van der Waals surface area contributed by atoms with Gasteiger partial charge in [0.2, 0.25) is 0 Å². The van der Waals surface area contributed by atoms with Gasteiger partial charge in [-0.25, -0.2) is 0 Å². The zero-order valence-corrected chi connectivity index (χ0v) is 28.5. The van der Waals surface area contributed by atoms with Crippen LogP contribution in [0.2, 0.25) is 0 Å². The molecule has 1 heterocycles. The molecule has 0 aliphatic rings. The second kappa shape index (κ2) is 12.5. The molecule has 0 atom stereocenters. The fourth-order valence-corrected chi connectivity index (χ4v) is 7.96. The Morgan fingerprint density at radius 1 is 0.365 bits per heavy atom. The first-order chi connectivity index (χ1) is 25.8. The van der Waals surface area contributed by atoms with Crippen LogP contribution in [-0.4, -0.2) is 4.57 Å². The summed E-state index contributed by atoms with van der Waals surface area (Å²) < 4.78 is 2.47. The van der Waals surface area contributed by atoms with Gasteiger partial charge in [0.1, 0.15) is 0 Å². The van der Waals surface area contributed by atoms with Crippen molar-refractivity contribution in [2.45, 2.75) is 0 Å². The fraction of sp³-hybridized carbons (Fsp3) is 0. The molecule has 0 aliphatic carbocycles. The van der Waals surface area contributed by atoms with E-state index >= 15 is 0 Å². The molecule has 10 aromatic rings. The third kappa shape index (κ3) is 4.96. The normalized spacial score (nSPS) is 11.5. The third-order valence-electron chi connectivity index (χ3n) is 10.3. The van der Waals surface area contributed by atoms with Crippen molar-refractivity contribution in [1.82, 2.24) is 4.57 Å². The summed E-state index contributed by atoms with van der Waals surface area (Å²) in [5, 5.41) is 7.30. The molecule has 52 heavy (non-hydrogen) atoms. The molecule has 0 fully saturated rings. The van der Waals surface area contributed by atoms with E-state index in [0.29, 0.717) is 0 Å². The van der Waals surface area contributed by atoms with Crippen molar-refractivity contribution in [3.63, 3.8) is 0 Å². The van der Waals surface area contributed by atoms with Crippen LogP contribution in [0, 0.1) is 0 Å². The summed E-state index contributed by atoms with van der Waals surface area (Å²) >= 11 is 0. The molecule has 244 valence electrons. The van der Waals surface area contributed by atoms with E-state index in [1.165, 1.54) is 65.6 Å². The van der Waals surface area contributed by atoms with Gasteiger partial charge in [0.15, 0.2) is 0 Å². The predicted molar refractivity (Wildman–Crippen MR) is 221 cm³/mol. The molecule has 0 N–H and O–H groups in total. The topological polar surface area (TPSA) is 8.17 Å². The van der Waals surface area contributed by atoms with E-state index < -0.39 is 0 Å². The number of anilines is 3. The van der Waals surface area contributed by atoms with E-state index in [2.05, 4.69) is 216 Å². The maximum Gasteiger partial charge on any atom is 0.0640 e. The Balaban J connectivity index is 1.36. The second-order valence-corrected chi connectivity index (χ2v) is 13.4. The summed E-state index contributed by atoms with van der Waals surface area (Å²) in [6, 6.07) is 74.7. The van der Waals surface area contributed by atoms with E-state index in [4.69, 9.17) is 0 Å². The summed E-state index contributed by atoms with van der Waals surface area (Å²) in [4.78, 5) is 2.46. The molecule has 0 aliphatic heterocycles. The quantitative estimate of drug-likeness (QED) is 0.172. The minimum Gasteiger partial charge on any atom is -0.310 e. The molecule has 2 nitrogen and oxygen atoms in total. The van der Waals surface area contributed by atoms with Crippen LogP contribution in [-0.2, 0) is 0 Å². The van der Waals surface area contributed by atoms with Crippen LogP contribution in [0.25, 0.3) is 71.3 Å². The van der Waals surface area contributed by atoms with Gasteiger partial charge in [0.25, 0.3) is 0 Å². The number of fused-ring (bicyclic) bond motifs is 6. The third-order valence-corrected chi connectivity index (χ3v) is 10.3. The van der Waals surface area contributed by atoms with Crippen LogP contribution >= 0.6 is 0 Å². The molecule has 0 amide bonds. The lowest BCUT2D eigenvalue weighted by Crippen LogP contribution is -2.11. The molecule has 10 rings (SSSR count). The summed E-state index contributed by atoms with van der Waals surface area (Å²) in [6.07, 6.45) is 0. The van der Waals surface area contributed by atoms with Gasteiger partial charge in [-0.3, -0.25) is 0 Å². The second-order valence-electron chi connectivity index (χ2n) is 13.4. The van der Waals surface area contributed by atoms with Crippen LogP contribution in [0.3, 0.4) is 0 Å². The molecule has 0 saturated heterocycles. The zero-order chi connectivity index (χ0) is 34.4. The first-order valence-corrected chi connectivity index (χ1v) is 17.9. The highest BCUT2D eigenvalue weighted by atomic mass is 15.1. The summed E-state index contributed by atoms with van der Waals surface area (Å²) in [7, 11) is 0. The van der Waals surface area contributed by atoms with Crippen molar-refractivity contribution in [2.75, 3.05) is 4.90 Å². The molecule has 9 aromatic carbocycles. The van der Waals surface area contributed by atoms with E-state index in [1.54, 1.807) is 0 Å². The van der Waals surface area contributed by atoms with Gasteiger partial charge in [0, 0.05) is 33.2 Å². The van der Waals surface area contributed by atoms with Gasteiger partial charge in [-0.15, -0.1) is 0 Å². The highest BCUT2D eigenvalue weighted by molar-refractivity contribution is 6.27. The van der Waals surface area contributed by atoms with Crippen LogP contribution in [0.5, 0.6) is 0 Å². The Bertz CT molecular complexity index is 2870. The van der Waals surface area contributed by atoms with Gasteiger partial charge >= 0.3 is 0 Å². The number of hydrogen-bond donors (Lipinski definition) is 0. The van der Waals surface area contributed by atoms with Crippen molar-refractivity contribution in [3.8, 4) is 27.9 Å². The lowest BCUT2D eigenvalue weighted by Gasteiger charge is -2.28. The van der Waals surface area contributed by atoms with Gasteiger partial charge < -0.3 is 9.47 Å². The Morgan fingerprint density at radius 3 is 1.71 bits per heavy atom. The number of rotatable bonds is 6. The molecular formula is C50H34N2. The van der Waals surface area contributed by atoms with E-state index in [1.807, 2.05) is 0 Å². The average molecular weight is 663 g/mol. The van der Waals surface area contributed by atoms with Crippen molar-refractivity contribution in [3.05, 3.63) is 206 Å². The standard InChI is InChI=1S/C50H34N2/c1-4-15-35(16-5-1)37-27-30-42(31-28-37)51(43-32-29-36-17-10-11-20-39(36)33-43)47-34-40-21-12-13-24-45(40)50-49(47)48-44(38-18-6-2-7-19-38)25-14-26-46(48)52(50)41-22-8-3-9-23-41/h1-34H. The van der Waals surface area contributed by atoms with Gasteiger partial charge in [-0.2, -0.15) is 0 Å². The number of aromatic nitrogens is 1. The molecule has 1 aromatic heterocycles. The lowest BCUT2D eigenvalue weighted by molar-refractivity contribution is 1.19. The summed E-state index contributed by atoms with van der Waals surface area (Å²) in [5.74, 6) is 0. The van der Waals surface area contributed by atoms with E-state index in [0.717, 1.165) is 22.7 Å². The van der Waals surface area contributed by atoms with Crippen molar-refractivity contribution in [2.24, 2.45) is 0 Å². The van der Waals surface area contributed by atoms with Crippen molar-refractivity contribution >= 4 is 60.4 Å². The molecule has 0 spiro atoms. The first-order valence-electron chi connectivity index (χ1n) is 17.9. The zero-order valence-electron chi connectivity index (χ0n) is 28.5. The molecular weight excluding hydrogens is 629 g/mol. The maximum absolute atomic E-state index is 2.47. The predicted octanol–water partition coefficient (Wildman–Crippen LogP) is 13.9. The Morgan fingerprint density at radius 2 is 0.962 bits per heavy atom. The molecule has 0 saturated carbocycles. The number of benzene rings is 9. The minimum atomic E-state index is 1.10. The van der Waals surface area contributed by atoms with Crippen molar-refractivity contribution < 1.29 is 0 Å². The highest BCUT2D eigenvalue weighted by Crippen LogP contribution is 2.49. The van der Waals surface area contributed by atoms with Gasteiger partial charge in [-0.05, 0) is 86.9 Å². The summed E-state index contributed by atoms with van der Waals surface area (Å²) in [5.41, 5.74) is 11.7. The number of hydrogen-bond acceptors (Lipinski definition) is 1. The van der Waals surface area contributed by atoms with Crippen molar-refractivity contribution in [1.29, 1.82) is 0 Å². The molecule has 0 radical (unpaired) electrons. The molecule has 0 bridgehead atoms. The Labute approximate surface area is 303 Å². The monoisotopic (exact) mass is 662 g/mol. The van der Waals surface area contributed by atoms with Gasteiger partial charge in [-0.1, -0.05) is 158 Å². The Hall–Kier alpha value is -6.90. The SMILES string of the molecule is c1ccc(-c2ccc(N(c3ccc4ccccc4c3)c3cc4ccccc4c4c3c3c(-c5ccccc5)cccc3n4-c3ccccc3)cc2)cc1. The number of para-hydroxylation sites is 1. The lowest BCUT2D eigenvalue weighted by atomic mass is 9.96.